The van der Waals surface area contributed by atoms with Crippen LogP contribution in [0.25, 0.3) is 0 Å². The number of amides is 1. The van der Waals surface area contributed by atoms with Crippen LogP contribution in [-0.2, 0) is 11.3 Å². The summed E-state index contributed by atoms with van der Waals surface area (Å²) in [6, 6.07) is 15.1. The van der Waals surface area contributed by atoms with E-state index in [0.29, 0.717) is 29.4 Å². The van der Waals surface area contributed by atoms with Crippen molar-refractivity contribution in [2.75, 3.05) is 16.3 Å². The van der Waals surface area contributed by atoms with Crippen molar-refractivity contribution in [1.29, 1.82) is 0 Å². The summed E-state index contributed by atoms with van der Waals surface area (Å²) in [5.74, 6) is -0.497. The molecular formula is C28H33N3O3S. The van der Waals surface area contributed by atoms with Crippen LogP contribution < -0.4 is 9.80 Å². The molecule has 1 heterocycles. The summed E-state index contributed by atoms with van der Waals surface area (Å²) in [5.41, 5.74) is 3.13. The summed E-state index contributed by atoms with van der Waals surface area (Å²) >= 11 is 1.62. The van der Waals surface area contributed by atoms with E-state index in [9.17, 15) is 9.59 Å². The molecule has 1 fully saturated rings. The van der Waals surface area contributed by atoms with Gasteiger partial charge in [-0.1, -0.05) is 17.7 Å². The van der Waals surface area contributed by atoms with Crippen LogP contribution in [0.4, 0.5) is 10.8 Å². The van der Waals surface area contributed by atoms with E-state index < -0.39 is 5.60 Å². The minimum atomic E-state index is -0.571. The molecule has 1 aliphatic carbocycles. The molecule has 0 aliphatic heterocycles. The molecule has 1 aliphatic rings. The number of anilines is 2. The van der Waals surface area contributed by atoms with Crippen LogP contribution in [0.15, 0.2) is 53.9 Å². The Balaban J connectivity index is 1.61. The number of carbonyl (C=O) groups is 2. The number of aromatic nitrogens is 1. The average molecular weight is 492 g/mol. The molecule has 0 bridgehead atoms. The third-order valence-corrected chi connectivity index (χ3v) is 6.72. The molecule has 0 radical (unpaired) electrons. The van der Waals surface area contributed by atoms with E-state index in [-0.39, 0.29) is 11.9 Å². The maximum atomic E-state index is 13.6. The maximum absolute atomic E-state index is 13.6. The zero-order chi connectivity index (χ0) is 25.2. The fraction of sp³-hybridized carbons (Fsp3) is 0.393. The maximum Gasteiger partial charge on any atom is 0.338 e. The molecule has 2 aromatic carbocycles. The third-order valence-electron chi connectivity index (χ3n) is 5.79. The van der Waals surface area contributed by atoms with Crippen molar-refractivity contribution >= 4 is 34.0 Å². The normalized spacial score (nSPS) is 13.4. The van der Waals surface area contributed by atoms with Crippen LogP contribution >= 0.6 is 11.3 Å². The van der Waals surface area contributed by atoms with Crippen molar-refractivity contribution < 1.29 is 14.3 Å². The topological polar surface area (TPSA) is 62.7 Å². The van der Waals surface area contributed by atoms with E-state index in [0.717, 1.165) is 22.9 Å². The first-order valence-corrected chi connectivity index (χ1v) is 13.0. The molecular weight excluding hydrogens is 458 g/mol. The Morgan fingerprint density at radius 2 is 1.66 bits per heavy atom. The number of rotatable bonds is 8. The highest BCUT2D eigenvalue weighted by Gasteiger charge is 2.30. The van der Waals surface area contributed by atoms with E-state index in [1.807, 2.05) is 57.3 Å². The van der Waals surface area contributed by atoms with Gasteiger partial charge >= 0.3 is 5.97 Å². The van der Waals surface area contributed by atoms with Crippen molar-refractivity contribution in [3.63, 3.8) is 0 Å². The number of nitrogens with zero attached hydrogens (tertiary/aromatic N) is 3. The van der Waals surface area contributed by atoms with Crippen LogP contribution in [0.2, 0.25) is 0 Å². The predicted molar refractivity (Wildman–Crippen MR) is 141 cm³/mol. The van der Waals surface area contributed by atoms with Crippen molar-refractivity contribution in [2.24, 2.45) is 0 Å². The average Bonchev–Trinajstić information content (AvgIpc) is 3.55. The zero-order valence-corrected chi connectivity index (χ0v) is 21.9. The van der Waals surface area contributed by atoms with Gasteiger partial charge in [0, 0.05) is 29.2 Å². The highest BCUT2D eigenvalue weighted by Crippen LogP contribution is 2.33. The molecule has 4 rings (SSSR count). The molecule has 184 valence electrons. The first kappa shape index (κ1) is 24.9. The number of benzene rings is 2. The lowest BCUT2D eigenvalue weighted by molar-refractivity contribution is 0.00695. The van der Waals surface area contributed by atoms with Gasteiger partial charge in [0.05, 0.1) is 17.8 Å². The lowest BCUT2D eigenvalue weighted by atomic mass is 10.1. The number of thiazole rings is 1. The van der Waals surface area contributed by atoms with Gasteiger partial charge in [-0.3, -0.25) is 4.79 Å². The highest BCUT2D eigenvalue weighted by molar-refractivity contribution is 7.13. The van der Waals surface area contributed by atoms with E-state index in [4.69, 9.17) is 9.72 Å². The third kappa shape index (κ3) is 6.28. The summed E-state index contributed by atoms with van der Waals surface area (Å²) in [4.78, 5) is 35.0. The number of ether oxygens (including phenoxy) is 1. The van der Waals surface area contributed by atoms with Gasteiger partial charge in [-0.15, -0.1) is 11.3 Å². The van der Waals surface area contributed by atoms with E-state index in [2.05, 4.69) is 11.8 Å². The van der Waals surface area contributed by atoms with Gasteiger partial charge in [0.2, 0.25) is 0 Å². The van der Waals surface area contributed by atoms with Gasteiger partial charge in [-0.2, -0.15) is 0 Å². The zero-order valence-electron chi connectivity index (χ0n) is 21.1. The van der Waals surface area contributed by atoms with Crippen LogP contribution in [0.1, 0.15) is 72.5 Å². The molecule has 0 spiro atoms. The lowest BCUT2D eigenvalue weighted by Crippen LogP contribution is -2.31. The van der Waals surface area contributed by atoms with Gasteiger partial charge in [-0.25, -0.2) is 9.78 Å². The smallest absolute Gasteiger partial charge is 0.338 e. The second-order valence-corrected chi connectivity index (χ2v) is 10.8. The molecule has 6 nitrogen and oxygen atoms in total. The summed E-state index contributed by atoms with van der Waals surface area (Å²) in [7, 11) is 0. The molecule has 1 amide bonds. The van der Waals surface area contributed by atoms with Crippen molar-refractivity contribution in [3.8, 4) is 0 Å². The van der Waals surface area contributed by atoms with Crippen molar-refractivity contribution in [2.45, 2.75) is 65.6 Å². The number of hydrogen-bond donors (Lipinski definition) is 0. The fourth-order valence-electron chi connectivity index (χ4n) is 3.85. The quantitative estimate of drug-likeness (QED) is 0.349. The Morgan fingerprint density at radius 3 is 2.23 bits per heavy atom. The van der Waals surface area contributed by atoms with Crippen LogP contribution in [0.3, 0.4) is 0 Å². The summed E-state index contributed by atoms with van der Waals surface area (Å²) in [5, 5.41) is 3.04. The van der Waals surface area contributed by atoms with Crippen molar-refractivity contribution in [3.05, 3.63) is 76.3 Å². The van der Waals surface area contributed by atoms with Crippen LogP contribution in [-0.4, -0.2) is 35.0 Å². The summed E-state index contributed by atoms with van der Waals surface area (Å²) < 4.78 is 5.48. The molecule has 3 aromatic rings. The van der Waals surface area contributed by atoms with E-state index in [1.54, 1.807) is 40.5 Å². The minimum absolute atomic E-state index is 0.112. The van der Waals surface area contributed by atoms with Gasteiger partial charge in [0.1, 0.15) is 5.60 Å². The molecule has 1 aromatic heterocycles. The van der Waals surface area contributed by atoms with Gasteiger partial charge in [0.25, 0.3) is 5.91 Å². The van der Waals surface area contributed by atoms with E-state index >= 15 is 0 Å². The van der Waals surface area contributed by atoms with Crippen LogP contribution in [0, 0.1) is 6.92 Å². The number of hydrogen-bond acceptors (Lipinski definition) is 6. The number of esters is 1. The number of aryl methyl sites for hydroxylation is 1. The van der Waals surface area contributed by atoms with Crippen molar-refractivity contribution in [1.82, 2.24) is 4.98 Å². The molecule has 7 heteroatoms. The Morgan fingerprint density at radius 1 is 1.03 bits per heavy atom. The Kier molecular flexibility index (Phi) is 7.26. The largest absolute Gasteiger partial charge is 0.456 e. The van der Waals surface area contributed by atoms with Gasteiger partial charge in [-0.05, 0) is 83.9 Å². The summed E-state index contributed by atoms with van der Waals surface area (Å²) in [6.45, 7) is 10.9. The lowest BCUT2D eigenvalue weighted by Gasteiger charge is -2.23. The highest BCUT2D eigenvalue weighted by atomic mass is 32.1. The second kappa shape index (κ2) is 10.2. The predicted octanol–water partition coefficient (Wildman–Crippen LogP) is 6.24. The molecule has 35 heavy (non-hydrogen) atoms. The molecule has 0 unspecified atom stereocenters. The molecule has 0 N–H and O–H groups in total. The molecule has 0 saturated heterocycles. The Labute approximate surface area is 211 Å². The van der Waals surface area contributed by atoms with Crippen LogP contribution in [0.5, 0.6) is 0 Å². The first-order chi connectivity index (χ1) is 16.6. The summed E-state index contributed by atoms with van der Waals surface area (Å²) in [6.07, 6.45) is 2.43. The number of carbonyl (C=O) groups excluding carboxylic acids is 2. The van der Waals surface area contributed by atoms with Gasteiger partial charge < -0.3 is 14.5 Å². The van der Waals surface area contributed by atoms with E-state index in [1.165, 1.54) is 12.8 Å². The molecule has 0 atom stereocenters. The minimum Gasteiger partial charge on any atom is -0.456 e. The standard InChI is InChI=1S/C28H33N3O3S/c1-6-30(23-15-16-23)27-29-22(18-35-27)17-31(25(32)20-9-7-19(2)8-10-20)24-13-11-21(12-14-24)26(33)34-28(3,4)5/h7-14,18,23H,6,15-17H2,1-5H3. The SMILES string of the molecule is CCN(c1nc(CN(C(=O)c2ccc(C)cc2)c2ccc(C(=O)OC(C)(C)C)cc2)cs1)C1CC1. The Bertz CT molecular complexity index is 1180. The fourth-order valence-corrected chi connectivity index (χ4v) is 4.80. The van der Waals surface area contributed by atoms with Gasteiger partial charge in [0.15, 0.2) is 5.13 Å². The Hall–Kier alpha value is -3.19. The molecule has 1 saturated carbocycles. The second-order valence-electron chi connectivity index (χ2n) is 9.94. The monoisotopic (exact) mass is 491 g/mol. The first-order valence-electron chi connectivity index (χ1n) is 12.1.